The third-order valence-electron chi connectivity index (χ3n) is 16.2. The van der Waals surface area contributed by atoms with Crippen molar-refractivity contribution in [3.63, 3.8) is 0 Å². The second-order valence-electron chi connectivity index (χ2n) is 18.2. The smallest absolute Gasteiger partial charge is 0.403 e. The van der Waals surface area contributed by atoms with Crippen molar-refractivity contribution in [1.29, 1.82) is 0 Å². The molecule has 0 saturated heterocycles. The molecule has 0 heterocycles. The molecule has 0 N–H and O–H groups in total. The minimum atomic E-state index is -4.14. The Hall–Kier alpha value is -3.92. The lowest BCUT2D eigenvalue weighted by Crippen LogP contribution is -2.23. The molecular weight excluding hydrogens is 778 g/mol. The van der Waals surface area contributed by atoms with Crippen LogP contribution in [0.4, 0.5) is 0 Å². The molecule has 9 aliphatic carbocycles. The highest BCUT2D eigenvalue weighted by atomic mass is 31.2. The van der Waals surface area contributed by atoms with Crippen molar-refractivity contribution in [2.75, 3.05) is 27.9 Å². The summed E-state index contributed by atoms with van der Waals surface area (Å²) in [6, 6.07) is 18.8. The van der Waals surface area contributed by atoms with Crippen molar-refractivity contribution in [2.24, 2.45) is 5.92 Å². The molecule has 9 aliphatic rings. The Morgan fingerprint density at radius 2 is 1.12 bits per heavy atom. The summed E-state index contributed by atoms with van der Waals surface area (Å²) in [7, 11) is -4.06. The second kappa shape index (κ2) is 12.3. The lowest BCUT2D eigenvalue weighted by Gasteiger charge is -2.38. The van der Waals surface area contributed by atoms with Gasteiger partial charge in [0, 0.05) is 91.4 Å². The van der Waals surface area contributed by atoms with Crippen molar-refractivity contribution < 1.29 is 36.3 Å². The Morgan fingerprint density at radius 3 is 1.66 bits per heavy atom. The third-order valence-corrected chi connectivity index (χ3v) is 18.8. The van der Waals surface area contributed by atoms with Gasteiger partial charge >= 0.3 is 15.6 Å². The van der Waals surface area contributed by atoms with E-state index in [2.05, 4.69) is 60.5 Å². The molecule has 0 aliphatic heterocycles. The largest absolute Gasteiger partial charge is 0.529 e. The molecule has 4 aromatic rings. The minimum absolute atomic E-state index is 0.0319. The predicted molar refractivity (Wildman–Crippen MR) is 223 cm³/mol. The van der Waals surface area contributed by atoms with Crippen molar-refractivity contribution in [3.05, 3.63) is 138 Å². The molecule has 4 aromatic carbocycles. The zero-order chi connectivity index (χ0) is 39.7. The Bertz CT molecular complexity index is 2750. The number of terminal acetylenes is 1. The average Bonchev–Trinajstić information content (AvgIpc) is 4.13. The standard InChI is InChI=1S/C49H46O8P2/c1-5-6-15-55-59(51,54-4)57-49-46-40-22-39(32-18-30-28-17-29(31(30)19-33(32)40)27-14-10-9-13-26(27)28)44(46)48(56-58(50,52-2)53-3)45-42-23-41(47(45)49)34-20-36-37-16-24-11-7-8-12-25(24)43(37)38(36)21-35(34)42/h1,9-10,12-14,18-21,24,28-29,37,39-43H,6-8,11,15-17,22-23H2,2-4H3/t24?,28?,29?,37-,39?,40?,41?,42?,43?,59?/m1/s1. The van der Waals surface area contributed by atoms with Crippen molar-refractivity contribution >= 4 is 15.6 Å². The number of fused-ring (bicyclic) bond motifs is 30. The molecule has 0 spiro atoms. The van der Waals surface area contributed by atoms with Crippen LogP contribution in [-0.4, -0.2) is 27.9 Å². The van der Waals surface area contributed by atoms with E-state index in [1.54, 1.807) is 5.57 Å². The van der Waals surface area contributed by atoms with Gasteiger partial charge < -0.3 is 9.05 Å². The van der Waals surface area contributed by atoms with Gasteiger partial charge in [0.2, 0.25) is 0 Å². The Kier molecular flexibility index (Phi) is 7.49. The summed E-state index contributed by atoms with van der Waals surface area (Å²) in [6.07, 6.45) is 16.1. The highest BCUT2D eigenvalue weighted by Gasteiger charge is 2.57. The molecule has 0 radical (unpaired) electrons. The lowest BCUT2D eigenvalue weighted by atomic mass is 9.66. The predicted octanol–water partition coefficient (Wildman–Crippen LogP) is 11.9. The summed E-state index contributed by atoms with van der Waals surface area (Å²) >= 11 is 0. The van der Waals surface area contributed by atoms with Crippen LogP contribution in [0.3, 0.4) is 0 Å². The summed E-state index contributed by atoms with van der Waals surface area (Å²) in [5, 5.41) is 0. The molecule has 10 heteroatoms. The topological polar surface area (TPSA) is 89.5 Å². The first-order valence-electron chi connectivity index (χ1n) is 21.5. The molecule has 0 aromatic heterocycles. The van der Waals surface area contributed by atoms with Crippen LogP contribution >= 0.6 is 15.6 Å². The number of phosphoric ester groups is 2. The van der Waals surface area contributed by atoms with E-state index >= 15 is 0 Å². The molecule has 300 valence electrons. The Balaban J connectivity index is 1.02. The van der Waals surface area contributed by atoms with E-state index in [0.29, 0.717) is 41.1 Å². The molecule has 0 amide bonds. The van der Waals surface area contributed by atoms with Gasteiger partial charge in [0.05, 0.1) is 6.61 Å². The van der Waals surface area contributed by atoms with Crippen LogP contribution in [0.15, 0.2) is 60.2 Å². The molecule has 13 rings (SSSR count). The van der Waals surface area contributed by atoms with E-state index in [-0.39, 0.29) is 36.7 Å². The Labute approximate surface area is 345 Å². The van der Waals surface area contributed by atoms with E-state index in [1.807, 2.05) is 0 Å². The summed E-state index contributed by atoms with van der Waals surface area (Å²) in [5.74, 6) is 5.99. The normalized spacial score (nSPS) is 30.4. The molecule has 1 fully saturated rings. The molecular formula is C49H46O8P2. The van der Waals surface area contributed by atoms with Crippen LogP contribution in [0.1, 0.15) is 177 Å². The van der Waals surface area contributed by atoms with Crippen molar-refractivity contribution in [1.82, 2.24) is 0 Å². The van der Waals surface area contributed by atoms with Crippen LogP contribution < -0.4 is 9.05 Å². The van der Waals surface area contributed by atoms with Gasteiger partial charge in [-0.2, -0.15) is 0 Å². The maximum absolute atomic E-state index is 14.6. The molecule has 9 unspecified atom stereocenters. The fourth-order valence-electron chi connectivity index (χ4n) is 14.0. The van der Waals surface area contributed by atoms with Crippen LogP contribution in [-0.2, 0) is 27.2 Å². The van der Waals surface area contributed by atoms with Crippen molar-refractivity contribution in [3.8, 4) is 23.8 Å². The van der Waals surface area contributed by atoms with Gasteiger partial charge in [0.15, 0.2) is 0 Å². The van der Waals surface area contributed by atoms with Gasteiger partial charge in [-0.15, -0.1) is 12.3 Å². The summed E-state index contributed by atoms with van der Waals surface area (Å²) < 4.78 is 64.9. The van der Waals surface area contributed by atoms with Crippen LogP contribution in [0, 0.1) is 18.3 Å². The number of phosphoric acid groups is 2. The van der Waals surface area contributed by atoms with Gasteiger partial charge in [0.1, 0.15) is 11.5 Å². The molecule has 6 bridgehead atoms. The molecule has 1 saturated carbocycles. The fraction of sp³-hybridized carbons (Fsp3) is 0.429. The van der Waals surface area contributed by atoms with Crippen molar-refractivity contribution in [2.45, 2.75) is 98.7 Å². The number of hydrogen-bond donors (Lipinski definition) is 0. The van der Waals surface area contributed by atoms with Crippen LogP contribution in [0.25, 0.3) is 0 Å². The first-order valence-corrected chi connectivity index (χ1v) is 24.4. The number of rotatable bonds is 10. The molecule has 59 heavy (non-hydrogen) atoms. The second-order valence-corrected chi connectivity index (χ2v) is 21.8. The molecule has 8 nitrogen and oxygen atoms in total. The maximum atomic E-state index is 14.6. The van der Waals surface area contributed by atoms with Gasteiger partial charge in [-0.3, -0.25) is 18.1 Å². The average molecular weight is 825 g/mol. The van der Waals surface area contributed by atoms with Crippen LogP contribution in [0.2, 0.25) is 0 Å². The highest BCUT2D eigenvalue weighted by molar-refractivity contribution is 7.49. The van der Waals surface area contributed by atoms with E-state index in [4.69, 9.17) is 33.6 Å². The SMILES string of the molecule is C#CCCOP(=O)(OC)Oc1c2c(c(OP(=O)(OC)OC)c3c1C1CC3c3cc4c(cc31)[C@H]1CC3CCCC=C3C41)C1CC2c2cc3c(cc21)C1CC3c2ccccc21. The fourth-order valence-corrected chi connectivity index (χ4v) is 15.7. The van der Waals surface area contributed by atoms with E-state index in [1.165, 1.54) is 103 Å². The van der Waals surface area contributed by atoms with E-state index in [9.17, 15) is 9.13 Å². The maximum Gasteiger partial charge on any atom is 0.529 e. The minimum Gasteiger partial charge on any atom is -0.403 e. The quantitative estimate of drug-likeness (QED) is 0.0676. The van der Waals surface area contributed by atoms with Gasteiger partial charge in [-0.1, -0.05) is 60.2 Å². The molecule has 10 atom stereocenters. The summed E-state index contributed by atoms with van der Waals surface area (Å²) in [6.45, 7) is 0.0319. The van der Waals surface area contributed by atoms with Gasteiger partial charge in [-0.25, -0.2) is 9.13 Å². The van der Waals surface area contributed by atoms with E-state index < -0.39 is 15.6 Å². The summed E-state index contributed by atoms with van der Waals surface area (Å²) in [4.78, 5) is 0. The third kappa shape index (κ3) is 4.57. The first kappa shape index (κ1) is 35.8. The van der Waals surface area contributed by atoms with E-state index in [0.717, 1.165) is 41.5 Å². The summed E-state index contributed by atoms with van der Waals surface area (Å²) in [5.41, 5.74) is 19.2. The lowest BCUT2D eigenvalue weighted by molar-refractivity contribution is 0.181. The van der Waals surface area contributed by atoms with Gasteiger partial charge in [-0.05, 0) is 112 Å². The zero-order valence-electron chi connectivity index (χ0n) is 33.5. The monoisotopic (exact) mass is 824 g/mol. The number of benzene rings is 4. The van der Waals surface area contributed by atoms with Crippen LogP contribution in [0.5, 0.6) is 11.5 Å². The Morgan fingerprint density at radius 1 is 0.627 bits per heavy atom. The zero-order valence-corrected chi connectivity index (χ0v) is 35.3. The number of hydrogen-bond acceptors (Lipinski definition) is 8. The first-order chi connectivity index (χ1) is 28.8. The van der Waals surface area contributed by atoms with Gasteiger partial charge in [0.25, 0.3) is 0 Å². The highest BCUT2D eigenvalue weighted by Crippen LogP contribution is 2.74. The number of allylic oxidation sites excluding steroid dienone is 2.